The first-order valence-electron chi connectivity index (χ1n) is 10.4. The third kappa shape index (κ3) is 6.47. The van der Waals surface area contributed by atoms with Crippen LogP contribution in [0.25, 0.3) is 0 Å². The van der Waals surface area contributed by atoms with Gasteiger partial charge in [-0.15, -0.1) is 0 Å². The van der Waals surface area contributed by atoms with E-state index in [1.54, 1.807) is 0 Å². The summed E-state index contributed by atoms with van der Waals surface area (Å²) < 4.78 is 0. The standard InChI is InChI=1S/C21H32N4OS/c26-20(24-12-6-1-2-7-13-24)18-23-14-16-25(17-15-23)21(27)22-11-10-19-8-4-3-5-9-19/h3-5,8-9H,1-2,6-7,10-18H2,(H,22,27)/p+1. The highest BCUT2D eigenvalue weighted by Gasteiger charge is 2.26. The van der Waals surface area contributed by atoms with E-state index in [2.05, 4.69) is 39.4 Å². The quantitative estimate of drug-likeness (QED) is 0.728. The summed E-state index contributed by atoms with van der Waals surface area (Å²) in [7, 11) is 0. The first-order chi connectivity index (χ1) is 13.2. The van der Waals surface area contributed by atoms with E-state index in [4.69, 9.17) is 12.2 Å². The van der Waals surface area contributed by atoms with E-state index in [0.29, 0.717) is 12.5 Å². The number of nitrogens with one attached hydrogen (secondary N) is 2. The molecule has 2 heterocycles. The Morgan fingerprint density at radius 1 is 0.963 bits per heavy atom. The van der Waals surface area contributed by atoms with Gasteiger partial charge in [-0.05, 0) is 37.0 Å². The molecule has 0 radical (unpaired) electrons. The fourth-order valence-electron chi connectivity index (χ4n) is 3.92. The Kier molecular flexibility index (Phi) is 7.90. The number of thiocarbonyl (C=S) groups is 1. The maximum absolute atomic E-state index is 12.6. The molecule has 2 fully saturated rings. The third-order valence-electron chi connectivity index (χ3n) is 5.65. The first-order valence-corrected chi connectivity index (χ1v) is 10.8. The van der Waals surface area contributed by atoms with Gasteiger partial charge in [0.05, 0.1) is 26.2 Å². The zero-order chi connectivity index (χ0) is 18.9. The van der Waals surface area contributed by atoms with Gasteiger partial charge < -0.3 is 20.0 Å². The number of quaternary nitrogens is 1. The van der Waals surface area contributed by atoms with Crippen molar-refractivity contribution in [2.45, 2.75) is 32.1 Å². The Morgan fingerprint density at radius 2 is 1.63 bits per heavy atom. The summed E-state index contributed by atoms with van der Waals surface area (Å²) >= 11 is 5.56. The van der Waals surface area contributed by atoms with Crippen LogP contribution in [0.2, 0.25) is 0 Å². The minimum atomic E-state index is 0.337. The predicted molar refractivity (Wildman–Crippen MR) is 113 cm³/mol. The van der Waals surface area contributed by atoms with Crippen molar-refractivity contribution < 1.29 is 9.69 Å². The lowest BCUT2D eigenvalue weighted by atomic mass is 10.1. The smallest absolute Gasteiger partial charge is 0.277 e. The molecule has 1 aromatic carbocycles. The van der Waals surface area contributed by atoms with E-state index in [1.165, 1.54) is 23.3 Å². The van der Waals surface area contributed by atoms with Crippen molar-refractivity contribution in [1.82, 2.24) is 15.1 Å². The molecule has 148 valence electrons. The van der Waals surface area contributed by atoms with Crippen molar-refractivity contribution in [1.29, 1.82) is 0 Å². The van der Waals surface area contributed by atoms with Crippen LogP contribution in [0.15, 0.2) is 30.3 Å². The van der Waals surface area contributed by atoms with Gasteiger partial charge in [0.15, 0.2) is 11.7 Å². The maximum Gasteiger partial charge on any atom is 0.277 e. The number of piperazine rings is 1. The highest BCUT2D eigenvalue weighted by atomic mass is 32.1. The van der Waals surface area contributed by atoms with E-state index < -0.39 is 0 Å². The predicted octanol–water partition coefficient (Wildman–Crippen LogP) is 0.707. The van der Waals surface area contributed by atoms with Gasteiger partial charge in [-0.3, -0.25) is 4.79 Å². The molecule has 2 saturated heterocycles. The lowest BCUT2D eigenvalue weighted by Crippen LogP contribution is -3.15. The second kappa shape index (κ2) is 10.6. The summed E-state index contributed by atoms with van der Waals surface area (Å²) in [6.07, 6.45) is 5.85. The minimum Gasteiger partial charge on any atom is -0.362 e. The number of hydrogen-bond acceptors (Lipinski definition) is 2. The maximum atomic E-state index is 12.6. The molecule has 27 heavy (non-hydrogen) atoms. The number of amides is 1. The van der Waals surface area contributed by atoms with E-state index in [1.807, 2.05) is 6.07 Å². The zero-order valence-electron chi connectivity index (χ0n) is 16.3. The number of benzene rings is 1. The lowest BCUT2D eigenvalue weighted by Gasteiger charge is -2.34. The van der Waals surface area contributed by atoms with Gasteiger partial charge in [-0.2, -0.15) is 0 Å². The van der Waals surface area contributed by atoms with Crippen molar-refractivity contribution in [2.24, 2.45) is 0 Å². The summed E-state index contributed by atoms with van der Waals surface area (Å²) in [6, 6.07) is 10.5. The van der Waals surface area contributed by atoms with Gasteiger partial charge in [0.2, 0.25) is 0 Å². The van der Waals surface area contributed by atoms with Gasteiger partial charge in [-0.1, -0.05) is 43.2 Å². The number of carbonyl (C=O) groups is 1. The van der Waals surface area contributed by atoms with Gasteiger partial charge in [0.1, 0.15) is 0 Å². The molecule has 0 saturated carbocycles. The lowest BCUT2D eigenvalue weighted by molar-refractivity contribution is -0.896. The molecule has 0 unspecified atom stereocenters. The fraction of sp³-hybridized carbons (Fsp3) is 0.619. The Bertz CT molecular complexity index is 593. The molecule has 1 amide bonds. The fourth-order valence-corrected chi connectivity index (χ4v) is 4.20. The normalized spacial score (nSPS) is 18.8. The van der Waals surface area contributed by atoms with Gasteiger partial charge >= 0.3 is 0 Å². The van der Waals surface area contributed by atoms with Crippen molar-refractivity contribution in [3.05, 3.63) is 35.9 Å². The zero-order valence-corrected chi connectivity index (χ0v) is 17.1. The van der Waals surface area contributed by atoms with Gasteiger partial charge in [0.25, 0.3) is 5.91 Å². The summed E-state index contributed by atoms with van der Waals surface area (Å²) in [5.74, 6) is 0.337. The molecular formula is C21H33N4OS+. The first kappa shape index (κ1) is 20.1. The molecule has 2 aliphatic heterocycles. The summed E-state index contributed by atoms with van der Waals surface area (Å²) in [4.78, 5) is 18.3. The molecule has 6 heteroatoms. The highest BCUT2D eigenvalue weighted by Crippen LogP contribution is 2.09. The van der Waals surface area contributed by atoms with E-state index in [9.17, 15) is 4.79 Å². The molecule has 3 rings (SSSR count). The average molecular weight is 390 g/mol. The number of carbonyl (C=O) groups excluding carboxylic acids is 1. The molecule has 2 N–H and O–H groups in total. The Morgan fingerprint density at radius 3 is 2.30 bits per heavy atom. The number of hydrogen-bond donors (Lipinski definition) is 2. The molecule has 0 atom stereocenters. The van der Waals surface area contributed by atoms with Crippen LogP contribution in [0.4, 0.5) is 0 Å². The van der Waals surface area contributed by atoms with Gasteiger partial charge in [0, 0.05) is 19.6 Å². The van der Waals surface area contributed by atoms with Crippen LogP contribution < -0.4 is 10.2 Å². The van der Waals surface area contributed by atoms with Crippen molar-refractivity contribution >= 4 is 23.2 Å². The summed E-state index contributed by atoms with van der Waals surface area (Å²) in [5, 5.41) is 4.24. The average Bonchev–Trinajstić information content (AvgIpc) is 2.99. The molecule has 1 aromatic rings. The largest absolute Gasteiger partial charge is 0.362 e. The number of likely N-dealkylation sites (tertiary alicyclic amines) is 1. The van der Waals surface area contributed by atoms with E-state index >= 15 is 0 Å². The summed E-state index contributed by atoms with van der Waals surface area (Å²) in [6.45, 7) is 7.24. The molecular weight excluding hydrogens is 356 g/mol. The molecule has 0 spiro atoms. The number of rotatable bonds is 5. The highest BCUT2D eigenvalue weighted by molar-refractivity contribution is 7.80. The van der Waals surface area contributed by atoms with Crippen LogP contribution in [-0.2, 0) is 11.2 Å². The molecule has 0 aliphatic carbocycles. The second-order valence-electron chi connectivity index (χ2n) is 7.68. The minimum absolute atomic E-state index is 0.337. The van der Waals surface area contributed by atoms with Crippen LogP contribution in [0.3, 0.4) is 0 Å². The molecule has 5 nitrogen and oxygen atoms in total. The van der Waals surface area contributed by atoms with Crippen LogP contribution in [0, 0.1) is 0 Å². The van der Waals surface area contributed by atoms with Crippen molar-refractivity contribution in [2.75, 3.05) is 52.4 Å². The topological polar surface area (TPSA) is 40.0 Å². The second-order valence-corrected chi connectivity index (χ2v) is 8.06. The summed E-state index contributed by atoms with van der Waals surface area (Å²) in [5.41, 5.74) is 1.33. The third-order valence-corrected chi connectivity index (χ3v) is 6.05. The van der Waals surface area contributed by atoms with Crippen LogP contribution in [0.5, 0.6) is 0 Å². The number of nitrogens with zero attached hydrogens (tertiary/aromatic N) is 2. The van der Waals surface area contributed by atoms with Crippen LogP contribution >= 0.6 is 12.2 Å². The van der Waals surface area contributed by atoms with Crippen molar-refractivity contribution in [3.63, 3.8) is 0 Å². The Balaban J connectivity index is 1.34. The molecule has 0 aromatic heterocycles. The molecule has 0 bridgehead atoms. The molecule has 2 aliphatic rings. The van der Waals surface area contributed by atoms with Crippen LogP contribution in [0.1, 0.15) is 31.2 Å². The van der Waals surface area contributed by atoms with E-state index in [-0.39, 0.29) is 0 Å². The van der Waals surface area contributed by atoms with E-state index in [0.717, 1.165) is 70.2 Å². The monoisotopic (exact) mass is 389 g/mol. The Labute approximate surface area is 168 Å². The van der Waals surface area contributed by atoms with Crippen molar-refractivity contribution in [3.8, 4) is 0 Å². The SMILES string of the molecule is O=C(C[NH+]1CCN(C(=S)NCCc2ccccc2)CC1)N1CCCCCC1. The Hall–Kier alpha value is -1.66. The van der Waals surface area contributed by atoms with Gasteiger partial charge in [-0.25, -0.2) is 0 Å². The van der Waals surface area contributed by atoms with Crippen LogP contribution in [-0.4, -0.2) is 73.2 Å².